The van der Waals surface area contributed by atoms with Gasteiger partial charge in [0, 0.05) is 17.7 Å². The van der Waals surface area contributed by atoms with Crippen molar-refractivity contribution in [2.75, 3.05) is 0 Å². The Bertz CT molecular complexity index is 1000. The third-order valence-corrected chi connectivity index (χ3v) is 5.74. The van der Waals surface area contributed by atoms with E-state index in [2.05, 4.69) is 18.4 Å². The molecular formula is C22H19Cl2NO. The number of aromatic nitrogens is 1. The van der Waals surface area contributed by atoms with Crippen LogP contribution in [-0.4, -0.2) is 10.4 Å². The maximum absolute atomic E-state index is 12.8. The molecule has 0 bridgehead atoms. The molecule has 26 heavy (non-hydrogen) atoms. The van der Waals surface area contributed by atoms with Gasteiger partial charge in [0.15, 0.2) is 5.78 Å². The topological polar surface area (TPSA) is 22.0 Å². The van der Waals surface area contributed by atoms with E-state index >= 15 is 0 Å². The first kappa shape index (κ1) is 17.4. The molecule has 0 saturated carbocycles. The van der Waals surface area contributed by atoms with Gasteiger partial charge in [-0.25, -0.2) is 0 Å². The summed E-state index contributed by atoms with van der Waals surface area (Å²) in [5.41, 5.74) is 4.53. The fraction of sp³-hybridized carbons (Fsp3) is 0.227. The summed E-state index contributed by atoms with van der Waals surface area (Å²) in [6.45, 7) is 4.26. The average Bonchev–Trinajstić information content (AvgIpc) is 2.96. The maximum atomic E-state index is 12.8. The van der Waals surface area contributed by atoms with Crippen LogP contribution in [0.1, 0.15) is 36.3 Å². The van der Waals surface area contributed by atoms with Gasteiger partial charge in [-0.15, -0.1) is 0 Å². The van der Waals surface area contributed by atoms with Crippen molar-refractivity contribution in [3.63, 3.8) is 0 Å². The van der Waals surface area contributed by atoms with Gasteiger partial charge in [0.25, 0.3) is 0 Å². The van der Waals surface area contributed by atoms with Gasteiger partial charge in [0.2, 0.25) is 0 Å². The summed E-state index contributed by atoms with van der Waals surface area (Å²) in [7, 11) is 0. The van der Waals surface area contributed by atoms with Crippen LogP contribution in [0.5, 0.6) is 0 Å². The smallest absolute Gasteiger partial charge is 0.165 e. The Hall–Kier alpha value is -2.03. The van der Waals surface area contributed by atoms with E-state index in [0.717, 1.165) is 34.6 Å². The highest BCUT2D eigenvalue weighted by Gasteiger charge is 2.35. The van der Waals surface area contributed by atoms with Crippen LogP contribution in [-0.2, 0) is 6.42 Å². The number of benzene rings is 2. The number of Topliss-reactive ketones (excluding diaryl/α,β-unsaturated/α-hetero) is 1. The number of nitrogens with zero attached hydrogens (tertiary/aromatic N) is 1. The van der Waals surface area contributed by atoms with Crippen LogP contribution in [0, 0.1) is 5.41 Å². The number of ketones is 1. The average molecular weight is 384 g/mol. The number of hydrogen-bond acceptors (Lipinski definition) is 1. The van der Waals surface area contributed by atoms with Gasteiger partial charge in [-0.05, 0) is 35.6 Å². The van der Waals surface area contributed by atoms with Crippen LogP contribution in [0.3, 0.4) is 0 Å². The van der Waals surface area contributed by atoms with Gasteiger partial charge in [-0.3, -0.25) is 4.79 Å². The second-order valence-electron chi connectivity index (χ2n) is 7.61. The summed E-state index contributed by atoms with van der Waals surface area (Å²) in [5.74, 6) is 0.185. The molecule has 0 saturated heterocycles. The summed E-state index contributed by atoms with van der Waals surface area (Å²) < 4.78 is 2.11. The molecule has 4 heteroatoms. The highest BCUT2D eigenvalue weighted by molar-refractivity contribution is 6.43. The Morgan fingerprint density at radius 3 is 2.42 bits per heavy atom. The normalized spacial score (nSPS) is 15.8. The summed E-state index contributed by atoms with van der Waals surface area (Å²) in [4.78, 5) is 12.8. The van der Waals surface area contributed by atoms with Crippen molar-refractivity contribution in [2.45, 2.75) is 26.7 Å². The van der Waals surface area contributed by atoms with Crippen molar-refractivity contribution in [1.82, 2.24) is 4.57 Å². The molecule has 2 aromatic carbocycles. The molecule has 1 heterocycles. The predicted molar refractivity (Wildman–Crippen MR) is 108 cm³/mol. The van der Waals surface area contributed by atoms with Crippen LogP contribution >= 0.6 is 23.2 Å². The third kappa shape index (κ3) is 2.87. The Balaban J connectivity index is 2.05. The molecule has 0 radical (unpaired) electrons. The Kier molecular flexibility index (Phi) is 4.21. The summed E-state index contributed by atoms with van der Waals surface area (Å²) in [6, 6.07) is 17.7. The zero-order valence-corrected chi connectivity index (χ0v) is 16.2. The Morgan fingerprint density at radius 1 is 0.962 bits per heavy atom. The Labute approximate surface area is 163 Å². The highest BCUT2D eigenvalue weighted by Crippen LogP contribution is 2.42. The van der Waals surface area contributed by atoms with Crippen molar-refractivity contribution in [1.29, 1.82) is 0 Å². The molecule has 0 N–H and O–H groups in total. The minimum atomic E-state index is -0.0841. The number of halogens is 2. The van der Waals surface area contributed by atoms with Crippen LogP contribution in [0.25, 0.3) is 16.9 Å². The number of carbonyl (C=O) groups is 1. The monoisotopic (exact) mass is 383 g/mol. The van der Waals surface area contributed by atoms with Crippen LogP contribution in [0.4, 0.5) is 0 Å². The van der Waals surface area contributed by atoms with Crippen molar-refractivity contribution >= 4 is 29.0 Å². The van der Waals surface area contributed by atoms with Crippen molar-refractivity contribution in [3.8, 4) is 16.9 Å². The summed E-state index contributed by atoms with van der Waals surface area (Å²) in [5, 5.41) is 1.01. The molecule has 0 fully saturated rings. The van der Waals surface area contributed by atoms with E-state index in [0.29, 0.717) is 16.5 Å². The lowest BCUT2D eigenvalue weighted by atomic mass is 9.76. The fourth-order valence-electron chi connectivity index (χ4n) is 3.77. The SMILES string of the molecule is CC1(C)CC(=O)c2cc(-c3ccccc3)n(-c3cccc(Cl)c3Cl)c2C1. The Morgan fingerprint density at radius 2 is 1.69 bits per heavy atom. The largest absolute Gasteiger partial charge is 0.311 e. The quantitative estimate of drug-likeness (QED) is 0.488. The van der Waals surface area contributed by atoms with E-state index in [4.69, 9.17) is 23.2 Å². The second kappa shape index (κ2) is 6.29. The van der Waals surface area contributed by atoms with E-state index in [1.807, 2.05) is 48.5 Å². The number of hydrogen-bond donors (Lipinski definition) is 0. The predicted octanol–water partition coefficient (Wildman–Crippen LogP) is 6.61. The molecule has 1 aliphatic rings. The second-order valence-corrected chi connectivity index (χ2v) is 8.39. The van der Waals surface area contributed by atoms with Crippen LogP contribution < -0.4 is 0 Å². The molecule has 0 amide bonds. The first-order valence-corrected chi connectivity index (χ1v) is 9.41. The minimum Gasteiger partial charge on any atom is -0.311 e. The molecular weight excluding hydrogens is 365 g/mol. The third-order valence-electron chi connectivity index (χ3n) is 4.93. The molecule has 3 aromatic rings. The van der Waals surface area contributed by atoms with E-state index < -0.39 is 0 Å². The van der Waals surface area contributed by atoms with Crippen molar-refractivity contribution in [3.05, 3.63) is 75.9 Å². The van der Waals surface area contributed by atoms with Crippen molar-refractivity contribution < 1.29 is 4.79 Å². The standard InChI is InChI=1S/C22H19Cl2NO/c1-22(2)12-19-15(20(26)13-22)11-18(14-7-4-3-5-8-14)25(19)17-10-6-9-16(23)21(17)24/h3-11H,12-13H2,1-2H3. The van der Waals surface area contributed by atoms with Gasteiger partial charge in [0.05, 0.1) is 21.4 Å². The first-order valence-electron chi connectivity index (χ1n) is 8.65. The zero-order valence-electron chi connectivity index (χ0n) is 14.7. The van der Waals surface area contributed by atoms with Gasteiger partial charge >= 0.3 is 0 Å². The molecule has 2 nitrogen and oxygen atoms in total. The van der Waals surface area contributed by atoms with Gasteiger partial charge in [-0.2, -0.15) is 0 Å². The lowest BCUT2D eigenvalue weighted by molar-refractivity contribution is 0.0911. The molecule has 0 unspecified atom stereocenters. The molecule has 0 atom stereocenters. The lowest BCUT2D eigenvalue weighted by Gasteiger charge is -2.30. The summed E-state index contributed by atoms with van der Waals surface area (Å²) >= 11 is 12.8. The van der Waals surface area contributed by atoms with Gasteiger partial charge in [-0.1, -0.05) is 73.4 Å². The number of rotatable bonds is 2. The summed E-state index contributed by atoms with van der Waals surface area (Å²) in [6.07, 6.45) is 1.37. The molecule has 1 aliphatic carbocycles. The fourth-order valence-corrected chi connectivity index (χ4v) is 4.15. The molecule has 132 valence electrons. The molecule has 1 aromatic heterocycles. The van der Waals surface area contributed by atoms with E-state index in [1.165, 1.54) is 0 Å². The van der Waals surface area contributed by atoms with Crippen LogP contribution in [0.2, 0.25) is 10.0 Å². The van der Waals surface area contributed by atoms with Crippen LogP contribution in [0.15, 0.2) is 54.6 Å². The van der Waals surface area contributed by atoms with E-state index in [9.17, 15) is 4.79 Å². The number of carbonyl (C=O) groups excluding carboxylic acids is 1. The zero-order chi connectivity index (χ0) is 18.5. The first-order chi connectivity index (χ1) is 12.4. The van der Waals surface area contributed by atoms with E-state index in [-0.39, 0.29) is 11.2 Å². The molecule has 4 rings (SSSR count). The van der Waals surface area contributed by atoms with Gasteiger partial charge < -0.3 is 4.57 Å². The molecule has 0 aliphatic heterocycles. The lowest BCUT2D eigenvalue weighted by Crippen LogP contribution is -2.27. The molecule has 0 spiro atoms. The van der Waals surface area contributed by atoms with E-state index in [1.54, 1.807) is 6.07 Å². The van der Waals surface area contributed by atoms with Crippen molar-refractivity contribution in [2.24, 2.45) is 5.41 Å². The van der Waals surface area contributed by atoms with Gasteiger partial charge in [0.1, 0.15) is 0 Å². The number of fused-ring (bicyclic) bond motifs is 1. The highest BCUT2D eigenvalue weighted by atomic mass is 35.5. The maximum Gasteiger partial charge on any atom is 0.165 e. The minimum absolute atomic E-state index is 0.0841.